The minimum absolute atomic E-state index is 0.479. The fraction of sp³-hybridized carbons (Fsp3) is 0.100. The molecule has 0 spiro atoms. The van der Waals surface area contributed by atoms with Crippen LogP contribution in [0.25, 0.3) is 0 Å². The van der Waals surface area contributed by atoms with Crippen LogP contribution in [0, 0.1) is 0 Å². The van der Waals surface area contributed by atoms with Gasteiger partial charge in [-0.1, -0.05) is 102 Å². The summed E-state index contributed by atoms with van der Waals surface area (Å²) in [6.45, 7) is 2.33. The highest BCUT2D eigenvalue weighted by atomic mass is 35.5. The molecule has 0 aliphatic heterocycles. The van der Waals surface area contributed by atoms with Gasteiger partial charge in [0.1, 0.15) is 8.80 Å². The Labute approximate surface area is 139 Å². The van der Waals surface area contributed by atoms with E-state index in [0.29, 0.717) is 5.54 Å². The SMILES string of the molecule is CC(c1ccc(Cl)cc1)[Si](c1ccccc1)c1ccccc1. The Morgan fingerprint density at radius 3 is 1.59 bits per heavy atom. The van der Waals surface area contributed by atoms with Crippen molar-refractivity contribution in [3.8, 4) is 0 Å². The third kappa shape index (κ3) is 3.32. The van der Waals surface area contributed by atoms with Gasteiger partial charge in [-0.2, -0.15) is 0 Å². The van der Waals surface area contributed by atoms with Gasteiger partial charge in [0, 0.05) is 5.02 Å². The van der Waals surface area contributed by atoms with Crippen molar-refractivity contribution in [1.82, 2.24) is 0 Å². The average Bonchev–Trinajstić information content (AvgIpc) is 2.57. The summed E-state index contributed by atoms with van der Waals surface area (Å²) >= 11 is 6.04. The van der Waals surface area contributed by atoms with Gasteiger partial charge < -0.3 is 0 Å². The van der Waals surface area contributed by atoms with Crippen LogP contribution in [0.3, 0.4) is 0 Å². The van der Waals surface area contributed by atoms with Crippen LogP contribution in [0.4, 0.5) is 0 Å². The van der Waals surface area contributed by atoms with Crippen LogP contribution < -0.4 is 10.4 Å². The van der Waals surface area contributed by atoms with Gasteiger partial charge in [-0.15, -0.1) is 0 Å². The maximum Gasteiger partial charge on any atom is 0.128 e. The topological polar surface area (TPSA) is 0 Å². The standard InChI is InChI=1S/C20H18ClSi/c1-16(17-12-14-18(21)15-13-17)22(19-8-4-2-5-9-19)20-10-6-3-7-11-20/h2-16H,1H3. The molecular formula is C20H18ClSi. The molecule has 0 amide bonds. The van der Waals surface area contributed by atoms with Crippen molar-refractivity contribution in [2.75, 3.05) is 0 Å². The maximum absolute atomic E-state index is 6.04. The summed E-state index contributed by atoms with van der Waals surface area (Å²) in [5.41, 5.74) is 1.83. The molecule has 3 aromatic carbocycles. The predicted molar refractivity (Wildman–Crippen MR) is 97.8 cm³/mol. The summed E-state index contributed by atoms with van der Waals surface area (Å²) in [4.78, 5) is 0. The van der Waals surface area contributed by atoms with Crippen LogP contribution in [0.5, 0.6) is 0 Å². The van der Waals surface area contributed by atoms with Crippen LogP contribution in [0.1, 0.15) is 18.0 Å². The summed E-state index contributed by atoms with van der Waals surface area (Å²) in [7, 11) is -0.886. The quantitative estimate of drug-likeness (QED) is 0.629. The number of halogens is 1. The zero-order valence-corrected chi connectivity index (χ0v) is 14.3. The molecule has 0 aliphatic carbocycles. The van der Waals surface area contributed by atoms with E-state index in [1.165, 1.54) is 15.9 Å². The first-order chi connectivity index (χ1) is 10.8. The van der Waals surface area contributed by atoms with Crippen LogP contribution in [0.15, 0.2) is 84.9 Å². The van der Waals surface area contributed by atoms with Crippen LogP contribution in [-0.4, -0.2) is 8.80 Å². The Kier molecular flexibility index (Phi) is 4.76. The number of hydrogen-bond donors (Lipinski definition) is 0. The van der Waals surface area contributed by atoms with Gasteiger partial charge in [-0.25, -0.2) is 0 Å². The molecule has 3 aromatic rings. The summed E-state index contributed by atoms with van der Waals surface area (Å²) in [5, 5.41) is 3.69. The van der Waals surface area contributed by atoms with Gasteiger partial charge in [-0.05, 0) is 23.2 Å². The van der Waals surface area contributed by atoms with Gasteiger partial charge in [-0.3, -0.25) is 0 Å². The van der Waals surface area contributed by atoms with Crippen molar-refractivity contribution < 1.29 is 0 Å². The lowest BCUT2D eigenvalue weighted by molar-refractivity contribution is 1.06. The molecule has 0 saturated carbocycles. The molecule has 0 nitrogen and oxygen atoms in total. The summed E-state index contributed by atoms with van der Waals surface area (Å²) in [6.07, 6.45) is 0. The molecule has 1 radical (unpaired) electrons. The van der Waals surface area contributed by atoms with E-state index < -0.39 is 8.80 Å². The molecule has 0 saturated heterocycles. The third-order valence-corrected chi connectivity index (χ3v) is 7.33. The molecule has 0 N–H and O–H groups in total. The summed E-state index contributed by atoms with van der Waals surface area (Å²) in [6, 6.07) is 30.0. The van der Waals surface area contributed by atoms with Gasteiger partial charge >= 0.3 is 0 Å². The number of rotatable bonds is 4. The van der Waals surface area contributed by atoms with Crippen molar-refractivity contribution in [3.63, 3.8) is 0 Å². The largest absolute Gasteiger partial charge is 0.128 e. The zero-order chi connectivity index (χ0) is 15.4. The first kappa shape index (κ1) is 15.1. The Morgan fingerprint density at radius 1 is 0.682 bits per heavy atom. The van der Waals surface area contributed by atoms with Crippen molar-refractivity contribution >= 4 is 30.8 Å². The molecule has 0 aliphatic rings. The molecule has 0 fully saturated rings. The van der Waals surface area contributed by atoms with Crippen LogP contribution in [-0.2, 0) is 0 Å². The van der Waals surface area contributed by atoms with Crippen molar-refractivity contribution in [3.05, 3.63) is 95.5 Å². The molecular weight excluding hydrogens is 304 g/mol. The lowest BCUT2D eigenvalue weighted by Crippen LogP contribution is -2.46. The minimum atomic E-state index is -0.886. The predicted octanol–water partition coefficient (Wildman–Crippen LogP) is 4.29. The fourth-order valence-corrected chi connectivity index (χ4v) is 5.91. The Balaban J connectivity index is 2.04. The summed E-state index contributed by atoms with van der Waals surface area (Å²) < 4.78 is 0. The van der Waals surface area contributed by atoms with E-state index in [9.17, 15) is 0 Å². The van der Waals surface area contributed by atoms with Gasteiger partial charge in [0.25, 0.3) is 0 Å². The summed E-state index contributed by atoms with van der Waals surface area (Å²) in [5.74, 6) is 0. The van der Waals surface area contributed by atoms with E-state index in [4.69, 9.17) is 11.6 Å². The molecule has 109 valence electrons. The average molecular weight is 322 g/mol. The second kappa shape index (κ2) is 6.95. The first-order valence-corrected chi connectivity index (χ1v) is 9.44. The molecule has 0 aromatic heterocycles. The second-order valence-corrected chi connectivity index (χ2v) is 8.70. The minimum Gasteiger partial charge on any atom is -0.0843 e. The molecule has 22 heavy (non-hydrogen) atoms. The first-order valence-electron chi connectivity index (χ1n) is 7.49. The van der Waals surface area contributed by atoms with E-state index >= 15 is 0 Å². The number of hydrogen-bond acceptors (Lipinski definition) is 0. The normalized spacial score (nSPS) is 12.3. The van der Waals surface area contributed by atoms with E-state index in [0.717, 1.165) is 5.02 Å². The molecule has 3 rings (SSSR count). The Hall–Kier alpha value is -1.83. The molecule has 2 heteroatoms. The maximum atomic E-state index is 6.04. The molecule has 0 heterocycles. The van der Waals surface area contributed by atoms with Gasteiger partial charge in [0.15, 0.2) is 0 Å². The van der Waals surface area contributed by atoms with Crippen molar-refractivity contribution in [2.45, 2.75) is 12.5 Å². The lowest BCUT2D eigenvalue weighted by atomic mass is 10.2. The van der Waals surface area contributed by atoms with E-state index in [2.05, 4.69) is 79.7 Å². The zero-order valence-electron chi connectivity index (χ0n) is 12.5. The second-order valence-electron chi connectivity index (χ2n) is 5.42. The Morgan fingerprint density at radius 2 is 1.14 bits per heavy atom. The van der Waals surface area contributed by atoms with Gasteiger partial charge in [0.05, 0.1) is 0 Å². The fourth-order valence-electron chi connectivity index (χ4n) is 2.82. The van der Waals surface area contributed by atoms with Crippen molar-refractivity contribution in [2.24, 2.45) is 0 Å². The highest BCUT2D eigenvalue weighted by molar-refractivity contribution is 6.86. The third-order valence-electron chi connectivity index (χ3n) is 3.97. The molecule has 1 unspecified atom stereocenters. The molecule has 1 atom stereocenters. The van der Waals surface area contributed by atoms with Gasteiger partial charge in [0.2, 0.25) is 0 Å². The highest BCUT2D eigenvalue weighted by Gasteiger charge is 2.24. The lowest BCUT2D eigenvalue weighted by Gasteiger charge is -2.23. The van der Waals surface area contributed by atoms with E-state index in [1.807, 2.05) is 12.1 Å². The van der Waals surface area contributed by atoms with E-state index in [-0.39, 0.29) is 0 Å². The monoisotopic (exact) mass is 321 g/mol. The molecule has 0 bridgehead atoms. The van der Waals surface area contributed by atoms with Crippen LogP contribution >= 0.6 is 11.6 Å². The smallest absolute Gasteiger partial charge is 0.0843 e. The van der Waals surface area contributed by atoms with Crippen LogP contribution in [0.2, 0.25) is 5.02 Å². The highest BCUT2D eigenvalue weighted by Crippen LogP contribution is 2.21. The number of benzene rings is 3. The Bertz CT molecular complexity index is 668. The van der Waals surface area contributed by atoms with Crippen molar-refractivity contribution in [1.29, 1.82) is 0 Å². The van der Waals surface area contributed by atoms with E-state index in [1.54, 1.807) is 0 Å².